The topological polar surface area (TPSA) is 41.7 Å². The number of ether oxygens (including phenoxy) is 1. The summed E-state index contributed by atoms with van der Waals surface area (Å²) >= 11 is 0. The van der Waals surface area contributed by atoms with E-state index in [0.717, 1.165) is 51.5 Å². The Morgan fingerprint density at radius 2 is 2.05 bits per heavy atom. The molecule has 2 N–H and O–H groups in total. The number of nitrogens with two attached hydrogens (primary N) is 1. The molecular weight excluding hydrogens is 257 g/mol. The van der Waals surface area contributed by atoms with Crippen molar-refractivity contribution in [3.8, 4) is 0 Å². The highest BCUT2D eigenvalue weighted by Gasteiger charge is 2.28. The third kappa shape index (κ3) is 3.11. The van der Waals surface area contributed by atoms with E-state index in [9.17, 15) is 4.39 Å². The Morgan fingerprint density at radius 1 is 1.25 bits per heavy atom. The molecule has 4 nitrogen and oxygen atoms in total. The van der Waals surface area contributed by atoms with Crippen molar-refractivity contribution >= 4 is 5.69 Å². The molecule has 0 radical (unpaired) electrons. The summed E-state index contributed by atoms with van der Waals surface area (Å²) in [5.74, 6) is -0.265. The molecule has 2 fully saturated rings. The predicted octanol–water partition coefficient (Wildman–Crippen LogP) is 1.31. The normalized spacial score (nSPS) is 25.1. The fraction of sp³-hybridized carbons (Fsp3) is 0.600. The number of morpholine rings is 1. The van der Waals surface area contributed by atoms with Crippen molar-refractivity contribution < 1.29 is 9.13 Å². The van der Waals surface area contributed by atoms with Gasteiger partial charge >= 0.3 is 0 Å². The Bertz CT molecular complexity index is 462. The van der Waals surface area contributed by atoms with Crippen LogP contribution in [0.3, 0.4) is 0 Å². The van der Waals surface area contributed by atoms with Crippen LogP contribution in [0.15, 0.2) is 18.2 Å². The third-order valence-corrected chi connectivity index (χ3v) is 4.31. The molecule has 0 spiro atoms. The van der Waals surface area contributed by atoms with Crippen molar-refractivity contribution in [1.82, 2.24) is 9.80 Å². The molecule has 0 aliphatic carbocycles. The first kappa shape index (κ1) is 13.8. The Labute approximate surface area is 119 Å². The molecular formula is C15H22FN3O. The zero-order valence-electron chi connectivity index (χ0n) is 11.7. The average molecular weight is 279 g/mol. The van der Waals surface area contributed by atoms with Gasteiger partial charge in [-0.3, -0.25) is 9.80 Å². The summed E-state index contributed by atoms with van der Waals surface area (Å²) in [7, 11) is 0. The van der Waals surface area contributed by atoms with E-state index in [4.69, 9.17) is 10.5 Å². The average Bonchev–Trinajstić information content (AvgIpc) is 2.92. The van der Waals surface area contributed by atoms with E-state index in [1.807, 2.05) is 0 Å². The number of benzene rings is 1. The van der Waals surface area contributed by atoms with Crippen LogP contribution in [0, 0.1) is 5.82 Å². The Morgan fingerprint density at radius 3 is 2.80 bits per heavy atom. The summed E-state index contributed by atoms with van der Waals surface area (Å²) in [6.45, 7) is 6.74. The molecule has 110 valence electrons. The van der Waals surface area contributed by atoms with Crippen molar-refractivity contribution in [2.45, 2.75) is 19.0 Å². The number of nitrogens with zero attached hydrogens (tertiary/aromatic N) is 2. The van der Waals surface area contributed by atoms with Gasteiger partial charge in [0.15, 0.2) is 0 Å². The van der Waals surface area contributed by atoms with E-state index < -0.39 is 0 Å². The van der Waals surface area contributed by atoms with Crippen molar-refractivity contribution in [3.63, 3.8) is 0 Å². The van der Waals surface area contributed by atoms with Gasteiger partial charge in [0.25, 0.3) is 0 Å². The lowest BCUT2D eigenvalue weighted by atomic mass is 10.1. The molecule has 1 atom stereocenters. The first-order valence-corrected chi connectivity index (χ1v) is 7.30. The minimum absolute atomic E-state index is 0.265. The van der Waals surface area contributed by atoms with Crippen molar-refractivity contribution in [1.29, 1.82) is 0 Å². The number of anilines is 1. The standard InChI is InChI=1S/C15H22FN3O/c16-13-2-1-12(15(17)9-13)10-18-4-3-14(11-18)19-5-7-20-8-6-19/h1-2,9,14H,3-8,10-11,17H2. The van der Waals surface area contributed by atoms with E-state index in [1.165, 1.54) is 18.6 Å². The number of rotatable bonds is 3. The van der Waals surface area contributed by atoms with E-state index >= 15 is 0 Å². The minimum atomic E-state index is -0.265. The molecule has 1 aromatic carbocycles. The molecule has 2 heterocycles. The van der Waals surface area contributed by atoms with Crippen molar-refractivity contribution in [2.75, 3.05) is 45.1 Å². The number of nitrogen functional groups attached to an aromatic ring is 1. The van der Waals surface area contributed by atoms with Gasteiger partial charge in [-0.15, -0.1) is 0 Å². The van der Waals surface area contributed by atoms with Gasteiger partial charge in [-0.05, 0) is 24.1 Å². The van der Waals surface area contributed by atoms with Crippen LogP contribution < -0.4 is 5.73 Å². The second-order valence-corrected chi connectivity index (χ2v) is 5.67. The number of hydrogen-bond donors (Lipinski definition) is 1. The monoisotopic (exact) mass is 279 g/mol. The fourth-order valence-corrected chi connectivity index (χ4v) is 3.15. The molecule has 1 aromatic rings. The molecule has 0 bridgehead atoms. The number of halogens is 1. The van der Waals surface area contributed by atoms with Crippen LogP contribution in [0.2, 0.25) is 0 Å². The Kier molecular flexibility index (Phi) is 4.19. The predicted molar refractivity (Wildman–Crippen MR) is 76.9 cm³/mol. The Balaban J connectivity index is 1.57. The summed E-state index contributed by atoms with van der Waals surface area (Å²) in [5, 5.41) is 0. The van der Waals surface area contributed by atoms with Crippen LogP contribution in [0.1, 0.15) is 12.0 Å². The number of hydrogen-bond acceptors (Lipinski definition) is 4. The second kappa shape index (κ2) is 6.08. The highest BCUT2D eigenvalue weighted by molar-refractivity contribution is 5.46. The first-order valence-electron chi connectivity index (χ1n) is 7.30. The zero-order valence-corrected chi connectivity index (χ0v) is 11.7. The smallest absolute Gasteiger partial charge is 0.125 e. The third-order valence-electron chi connectivity index (χ3n) is 4.31. The van der Waals surface area contributed by atoms with Gasteiger partial charge in [0.05, 0.1) is 13.2 Å². The first-order chi connectivity index (χ1) is 9.72. The molecule has 0 aromatic heterocycles. The minimum Gasteiger partial charge on any atom is -0.398 e. The van der Waals surface area contributed by atoms with Gasteiger partial charge < -0.3 is 10.5 Å². The zero-order chi connectivity index (χ0) is 13.9. The molecule has 2 aliphatic heterocycles. The largest absolute Gasteiger partial charge is 0.398 e. The summed E-state index contributed by atoms with van der Waals surface area (Å²) in [5.41, 5.74) is 7.46. The molecule has 0 saturated carbocycles. The lowest BCUT2D eigenvalue weighted by Crippen LogP contribution is -2.44. The van der Waals surface area contributed by atoms with E-state index in [-0.39, 0.29) is 5.82 Å². The van der Waals surface area contributed by atoms with Gasteiger partial charge in [0.1, 0.15) is 5.82 Å². The van der Waals surface area contributed by atoms with Gasteiger partial charge in [0, 0.05) is 44.5 Å². The van der Waals surface area contributed by atoms with Crippen LogP contribution in [-0.4, -0.2) is 55.2 Å². The summed E-state index contributed by atoms with van der Waals surface area (Å²) in [6, 6.07) is 5.32. The molecule has 1 unspecified atom stereocenters. The quantitative estimate of drug-likeness (QED) is 0.847. The van der Waals surface area contributed by atoms with Crippen molar-refractivity contribution in [3.05, 3.63) is 29.6 Å². The summed E-state index contributed by atoms with van der Waals surface area (Å²) in [6.07, 6.45) is 1.20. The van der Waals surface area contributed by atoms with Gasteiger partial charge in [0.2, 0.25) is 0 Å². The SMILES string of the molecule is Nc1cc(F)ccc1CN1CCC(N2CCOCC2)C1. The van der Waals surface area contributed by atoms with Crippen LogP contribution in [0.25, 0.3) is 0 Å². The molecule has 0 amide bonds. The lowest BCUT2D eigenvalue weighted by Gasteiger charge is -2.32. The van der Waals surface area contributed by atoms with E-state index in [1.54, 1.807) is 6.07 Å². The molecule has 5 heteroatoms. The van der Waals surface area contributed by atoms with Gasteiger partial charge in [-0.25, -0.2) is 4.39 Å². The van der Waals surface area contributed by atoms with Crippen LogP contribution >= 0.6 is 0 Å². The van der Waals surface area contributed by atoms with Gasteiger partial charge in [-0.2, -0.15) is 0 Å². The maximum absolute atomic E-state index is 13.1. The summed E-state index contributed by atoms with van der Waals surface area (Å²) in [4.78, 5) is 4.93. The lowest BCUT2D eigenvalue weighted by molar-refractivity contribution is 0.0184. The highest BCUT2D eigenvalue weighted by Crippen LogP contribution is 2.21. The second-order valence-electron chi connectivity index (χ2n) is 5.67. The highest BCUT2D eigenvalue weighted by atomic mass is 19.1. The van der Waals surface area contributed by atoms with E-state index in [2.05, 4.69) is 9.80 Å². The van der Waals surface area contributed by atoms with Crippen LogP contribution in [0.5, 0.6) is 0 Å². The fourth-order valence-electron chi connectivity index (χ4n) is 3.15. The molecule has 20 heavy (non-hydrogen) atoms. The van der Waals surface area contributed by atoms with Gasteiger partial charge in [-0.1, -0.05) is 6.07 Å². The molecule has 3 rings (SSSR count). The molecule has 2 saturated heterocycles. The Hall–Kier alpha value is -1.17. The van der Waals surface area contributed by atoms with Crippen molar-refractivity contribution in [2.24, 2.45) is 0 Å². The summed E-state index contributed by atoms with van der Waals surface area (Å²) < 4.78 is 18.5. The number of likely N-dealkylation sites (tertiary alicyclic amines) is 1. The van der Waals surface area contributed by atoms with E-state index in [0.29, 0.717) is 11.7 Å². The maximum atomic E-state index is 13.1. The van der Waals surface area contributed by atoms with Crippen LogP contribution in [-0.2, 0) is 11.3 Å². The van der Waals surface area contributed by atoms with Crippen LogP contribution in [0.4, 0.5) is 10.1 Å². The molecule has 2 aliphatic rings. The maximum Gasteiger partial charge on any atom is 0.125 e.